The van der Waals surface area contributed by atoms with E-state index in [-0.39, 0.29) is 36.5 Å². The normalized spacial score (nSPS) is 26.1. The molecule has 0 saturated carbocycles. The number of sulfone groups is 1. The lowest BCUT2D eigenvalue weighted by Crippen LogP contribution is -2.62. The first kappa shape index (κ1) is 15.9. The molecular weight excluding hydrogens is 324 g/mol. The molecule has 2 aliphatic rings. The summed E-state index contributed by atoms with van der Waals surface area (Å²) in [5, 5.41) is 6.35. The van der Waals surface area contributed by atoms with E-state index in [0.29, 0.717) is 12.2 Å². The van der Waals surface area contributed by atoms with Crippen LogP contribution in [0.5, 0.6) is 0 Å². The van der Waals surface area contributed by atoms with Crippen molar-refractivity contribution >= 4 is 21.7 Å². The molecule has 0 aromatic carbocycles. The van der Waals surface area contributed by atoms with E-state index < -0.39 is 21.9 Å². The quantitative estimate of drug-likeness (QED) is 0.716. The molecule has 0 unspecified atom stereocenters. The van der Waals surface area contributed by atoms with Gasteiger partial charge in [-0.15, -0.1) is 0 Å². The zero-order valence-corrected chi connectivity index (χ0v) is 13.5. The number of nitrogens with one attached hydrogen (secondary N) is 1. The summed E-state index contributed by atoms with van der Waals surface area (Å²) in [7, 11) is -1.88. The number of piperazine rings is 1. The van der Waals surface area contributed by atoms with Crippen LogP contribution >= 0.6 is 0 Å². The van der Waals surface area contributed by atoms with Crippen LogP contribution in [0.15, 0.2) is 12.3 Å². The largest absolute Gasteiger partial charge is 0.375 e. The molecule has 3 rings (SSSR count). The molecule has 1 aromatic rings. The Hall–Kier alpha value is -1.94. The zero-order valence-electron chi connectivity index (χ0n) is 12.6. The number of methoxy groups -OCH3 is 1. The lowest BCUT2D eigenvalue weighted by molar-refractivity contribution is -0.140. The Morgan fingerprint density at radius 3 is 2.57 bits per heavy atom. The van der Waals surface area contributed by atoms with E-state index in [4.69, 9.17) is 4.74 Å². The van der Waals surface area contributed by atoms with Crippen LogP contribution in [0.25, 0.3) is 0 Å². The van der Waals surface area contributed by atoms with Gasteiger partial charge in [-0.2, -0.15) is 5.10 Å². The number of H-pyrrole nitrogens is 1. The Balaban J connectivity index is 1.87. The van der Waals surface area contributed by atoms with Crippen LogP contribution < -0.4 is 0 Å². The Morgan fingerprint density at radius 2 is 1.96 bits per heavy atom. The molecule has 0 aliphatic carbocycles. The van der Waals surface area contributed by atoms with E-state index >= 15 is 0 Å². The van der Waals surface area contributed by atoms with Gasteiger partial charge in [0.25, 0.3) is 5.91 Å². The molecule has 126 valence electrons. The molecule has 2 fully saturated rings. The fourth-order valence-corrected chi connectivity index (χ4v) is 5.23. The zero-order chi connectivity index (χ0) is 16.6. The van der Waals surface area contributed by atoms with Crippen LogP contribution in [0, 0.1) is 0 Å². The van der Waals surface area contributed by atoms with Crippen LogP contribution in [-0.2, 0) is 19.4 Å². The number of hydrogen-bond acceptors (Lipinski definition) is 6. The van der Waals surface area contributed by atoms with Gasteiger partial charge in [-0.05, 0) is 6.07 Å². The number of carbonyl (C=O) groups excluding carboxylic acids is 2. The molecule has 0 radical (unpaired) electrons. The topological polar surface area (TPSA) is 113 Å². The van der Waals surface area contributed by atoms with Crippen molar-refractivity contribution in [2.45, 2.75) is 12.1 Å². The van der Waals surface area contributed by atoms with E-state index in [1.165, 1.54) is 23.1 Å². The van der Waals surface area contributed by atoms with E-state index in [0.717, 1.165) is 0 Å². The Labute approximate surface area is 133 Å². The molecule has 10 heteroatoms. The third-order valence-corrected chi connectivity index (χ3v) is 5.95. The minimum absolute atomic E-state index is 0.0994. The van der Waals surface area contributed by atoms with Crippen molar-refractivity contribution in [1.82, 2.24) is 20.0 Å². The fourth-order valence-electron chi connectivity index (χ4n) is 3.25. The van der Waals surface area contributed by atoms with Crippen molar-refractivity contribution in [1.29, 1.82) is 0 Å². The molecule has 0 spiro atoms. The summed E-state index contributed by atoms with van der Waals surface area (Å²) < 4.78 is 29.0. The van der Waals surface area contributed by atoms with E-state index in [1.807, 2.05) is 0 Å². The maximum atomic E-state index is 12.5. The van der Waals surface area contributed by atoms with Crippen LogP contribution in [0.2, 0.25) is 0 Å². The second kappa shape index (κ2) is 5.93. The molecule has 23 heavy (non-hydrogen) atoms. The van der Waals surface area contributed by atoms with Crippen molar-refractivity contribution in [3.05, 3.63) is 18.0 Å². The molecule has 9 nitrogen and oxygen atoms in total. The summed E-state index contributed by atoms with van der Waals surface area (Å²) in [4.78, 5) is 27.7. The minimum atomic E-state index is -3.30. The third-order valence-electron chi connectivity index (χ3n) is 4.26. The summed E-state index contributed by atoms with van der Waals surface area (Å²) >= 11 is 0. The second-order valence-corrected chi connectivity index (χ2v) is 7.85. The Bertz CT molecular complexity index is 702. The monoisotopic (exact) mass is 342 g/mol. The van der Waals surface area contributed by atoms with Crippen LogP contribution in [0.3, 0.4) is 0 Å². The lowest BCUT2D eigenvalue weighted by atomic mass is 10.0. The van der Waals surface area contributed by atoms with Gasteiger partial charge in [0.15, 0.2) is 9.84 Å². The molecule has 2 saturated heterocycles. The lowest BCUT2D eigenvalue weighted by Gasteiger charge is -2.43. The summed E-state index contributed by atoms with van der Waals surface area (Å²) in [6.45, 7) is 0.473. The van der Waals surface area contributed by atoms with Gasteiger partial charge in [0.1, 0.15) is 12.3 Å². The van der Waals surface area contributed by atoms with Crippen LogP contribution in [0.4, 0.5) is 0 Å². The van der Waals surface area contributed by atoms with Gasteiger partial charge in [-0.3, -0.25) is 14.7 Å². The number of amides is 2. The van der Waals surface area contributed by atoms with Crippen molar-refractivity contribution in [3.63, 3.8) is 0 Å². The van der Waals surface area contributed by atoms with Gasteiger partial charge in [-0.1, -0.05) is 0 Å². The maximum absolute atomic E-state index is 12.5. The minimum Gasteiger partial charge on any atom is -0.375 e. The smallest absolute Gasteiger partial charge is 0.272 e. The van der Waals surface area contributed by atoms with Gasteiger partial charge in [0.2, 0.25) is 5.91 Å². The van der Waals surface area contributed by atoms with Crippen LogP contribution in [-0.4, -0.2) is 90.6 Å². The molecule has 2 aliphatic heterocycles. The predicted octanol–water partition coefficient (Wildman–Crippen LogP) is -1.49. The molecule has 1 N–H and O–H groups in total. The SMILES string of the molecule is COCC(=O)N1CCN(C(=O)c2ccn[nH]2)[C@@H]2CS(=O)(=O)C[C@@H]21. The van der Waals surface area contributed by atoms with Gasteiger partial charge in [0, 0.05) is 26.4 Å². The predicted molar refractivity (Wildman–Crippen MR) is 79.4 cm³/mol. The number of carbonyl (C=O) groups is 2. The van der Waals surface area contributed by atoms with E-state index in [2.05, 4.69) is 10.2 Å². The van der Waals surface area contributed by atoms with Gasteiger partial charge >= 0.3 is 0 Å². The van der Waals surface area contributed by atoms with Crippen LogP contribution in [0.1, 0.15) is 10.5 Å². The summed E-state index contributed by atoms with van der Waals surface area (Å²) in [5.41, 5.74) is 0.310. The van der Waals surface area contributed by atoms with Crippen molar-refractivity contribution in [2.24, 2.45) is 0 Å². The van der Waals surface area contributed by atoms with Gasteiger partial charge < -0.3 is 14.5 Å². The van der Waals surface area contributed by atoms with E-state index in [9.17, 15) is 18.0 Å². The highest BCUT2D eigenvalue weighted by Crippen LogP contribution is 2.28. The average Bonchev–Trinajstić information content (AvgIpc) is 3.11. The van der Waals surface area contributed by atoms with Crippen molar-refractivity contribution < 1.29 is 22.7 Å². The number of fused-ring (bicyclic) bond motifs is 1. The van der Waals surface area contributed by atoms with E-state index in [1.54, 1.807) is 6.07 Å². The molecule has 2 amide bonds. The first-order valence-corrected chi connectivity index (χ1v) is 9.04. The first-order valence-electron chi connectivity index (χ1n) is 7.22. The molecule has 2 atom stereocenters. The highest BCUT2D eigenvalue weighted by Gasteiger charge is 2.49. The maximum Gasteiger partial charge on any atom is 0.272 e. The number of ether oxygens (including phenoxy) is 1. The molecule has 0 bridgehead atoms. The average molecular weight is 342 g/mol. The number of rotatable bonds is 3. The van der Waals surface area contributed by atoms with Gasteiger partial charge in [0.05, 0.1) is 23.6 Å². The summed E-state index contributed by atoms with van der Waals surface area (Å²) in [6, 6.07) is 0.483. The number of nitrogens with zero attached hydrogens (tertiary/aromatic N) is 3. The van der Waals surface area contributed by atoms with Crippen molar-refractivity contribution in [2.75, 3.05) is 38.3 Å². The number of hydrogen-bond donors (Lipinski definition) is 1. The summed E-state index contributed by atoms with van der Waals surface area (Å²) in [5.74, 6) is -0.810. The highest BCUT2D eigenvalue weighted by atomic mass is 32.2. The second-order valence-electron chi connectivity index (χ2n) is 5.70. The van der Waals surface area contributed by atoms with Crippen molar-refractivity contribution in [3.8, 4) is 0 Å². The highest BCUT2D eigenvalue weighted by molar-refractivity contribution is 7.91. The third kappa shape index (κ3) is 2.95. The fraction of sp³-hybridized carbons (Fsp3) is 0.615. The molecule has 3 heterocycles. The number of aromatic nitrogens is 2. The molecule has 1 aromatic heterocycles. The Kier molecular flexibility index (Phi) is 4.11. The first-order chi connectivity index (χ1) is 10.9. The van der Waals surface area contributed by atoms with Gasteiger partial charge in [-0.25, -0.2) is 8.42 Å². The number of aromatic amines is 1. The molecular formula is C13H18N4O5S. The summed E-state index contributed by atoms with van der Waals surface area (Å²) in [6.07, 6.45) is 1.47. The Morgan fingerprint density at radius 1 is 1.30 bits per heavy atom. The standard InChI is InChI=1S/C13H18N4O5S/c1-22-6-12(18)16-4-5-17(13(19)9-2-3-14-15-9)11-8-23(20,21)7-10(11)16/h2-3,10-11H,4-8H2,1H3,(H,14,15)/t10-,11+/m0/s1.